The highest BCUT2D eigenvalue weighted by Gasteiger charge is 2.15. The summed E-state index contributed by atoms with van der Waals surface area (Å²) in [4.78, 5) is 1.99. The number of anilines is 1. The maximum absolute atomic E-state index is 14.3. The number of hydrogen-bond acceptors (Lipinski definition) is 4. The van der Waals surface area contributed by atoms with E-state index in [0.29, 0.717) is 58.2 Å². The molecule has 1 aromatic carbocycles. The monoisotopic (exact) mass is 298 g/mol. The van der Waals surface area contributed by atoms with E-state index in [2.05, 4.69) is 0 Å². The molecular formula is C16H27FN2O2. The molecule has 0 bridgehead atoms. The minimum Gasteiger partial charge on any atom is -0.380 e. The van der Waals surface area contributed by atoms with Gasteiger partial charge in [-0.05, 0) is 38.4 Å². The summed E-state index contributed by atoms with van der Waals surface area (Å²) < 4.78 is 25.1. The maximum atomic E-state index is 14.3. The minimum absolute atomic E-state index is 0.214. The molecule has 21 heavy (non-hydrogen) atoms. The summed E-state index contributed by atoms with van der Waals surface area (Å²) in [6.07, 6.45) is 0.660. The van der Waals surface area contributed by atoms with Gasteiger partial charge in [0.05, 0.1) is 18.9 Å². The van der Waals surface area contributed by atoms with Crippen molar-refractivity contribution in [2.24, 2.45) is 5.73 Å². The maximum Gasteiger partial charge on any atom is 0.146 e. The van der Waals surface area contributed by atoms with Crippen molar-refractivity contribution in [2.75, 3.05) is 51.0 Å². The molecule has 0 heterocycles. The van der Waals surface area contributed by atoms with Crippen LogP contribution in [0.15, 0.2) is 18.2 Å². The van der Waals surface area contributed by atoms with E-state index < -0.39 is 0 Å². The molecule has 120 valence electrons. The van der Waals surface area contributed by atoms with E-state index in [-0.39, 0.29) is 5.82 Å². The Balaban J connectivity index is 2.88. The van der Waals surface area contributed by atoms with Crippen LogP contribution in [0.2, 0.25) is 0 Å². The standard InChI is InChI=1S/C16H27FN2O2/c1-3-20-12-10-19(11-13-21-4-2)16-14(8-9-18)6-5-7-15(16)17/h5-7H,3-4,8-13,18H2,1-2H3. The van der Waals surface area contributed by atoms with Crippen molar-refractivity contribution in [3.63, 3.8) is 0 Å². The molecule has 4 nitrogen and oxygen atoms in total. The third kappa shape index (κ3) is 5.99. The molecule has 0 unspecified atom stereocenters. The summed E-state index contributed by atoms with van der Waals surface area (Å²) >= 11 is 0. The second-order valence-corrected chi connectivity index (χ2v) is 4.67. The third-order valence-electron chi connectivity index (χ3n) is 3.22. The quantitative estimate of drug-likeness (QED) is 0.636. The number of nitrogens with zero attached hydrogens (tertiary/aromatic N) is 1. The first-order valence-electron chi connectivity index (χ1n) is 7.62. The Bertz CT molecular complexity index is 392. The lowest BCUT2D eigenvalue weighted by Crippen LogP contribution is -2.33. The first-order chi connectivity index (χ1) is 10.2. The van der Waals surface area contributed by atoms with Gasteiger partial charge in [0.15, 0.2) is 0 Å². The second kappa shape index (κ2) is 10.5. The summed E-state index contributed by atoms with van der Waals surface area (Å²) in [6.45, 7) is 8.14. The van der Waals surface area contributed by atoms with E-state index in [0.717, 1.165) is 5.56 Å². The van der Waals surface area contributed by atoms with Gasteiger partial charge in [0.1, 0.15) is 5.82 Å². The average Bonchev–Trinajstić information content (AvgIpc) is 2.47. The van der Waals surface area contributed by atoms with Crippen LogP contribution < -0.4 is 10.6 Å². The molecule has 5 heteroatoms. The average molecular weight is 298 g/mol. The van der Waals surface area contributed by atoms with Crippen molar-refractivity contribution in [1.29, 1.82) is 0 Å². The number of para-hydroxylation sites is 1. The molecule has 2 N–H and O–H groups in total. The van der Waals surface area contributed by atoms with Crippen LogP contribution in [0.3, 0.4) is 0 Å². The number of benzene rings is 1. The van der Waals surface area contributed by atoms with E-state index in [1.807, 2.05) is 24.8 Å². The fourth-order valence-electron chi connectivity index (χ4n) is 2.24. The largest absolute Gasteiger partial charge is 0.380 e. The molecule has 0 spiro atoms. The molecule has 0 amide bonds. The van der Waals surface area contributed by atoms with Gasteiger partial charge >= 0.3 is 0 Å². The predicted octanol–water partition coefficient (Wildman–Crippen LogP) is 2.21. The molecule has 1 rings (SSSR count). The number of halogens is 1. The molecule has 0 aliphatic rings. The van der Waals surface area contributed by atoms with Crippen LogP contribution in [0.25, 0.3) is 0 Å². The number of ether oxygens (including phenoxy) is 2. The molecule has 0 aliphatic carbocycles. The van der Waals surface area contributed by atoms with Crippen molar-refractivity contribution in [2.45, 2.75) is 20.3 Å². The van der Waals surface area contributed by atoms with Gasteiger partial charge in [-0.2, -0.15) is 0 Å². The van der Waals surface area contributed by atoms with Crippen molar-refractivity contribution >= 4 is 5.69 Å². The zero-order valence-electron chi connectivity index (χ0n) is 13.1. The summed E-state index contributed by atoms with van der Waals surface area (Å²) in [6, 6.07) is 5.15. The Morgan fingerprint density at radius 3 is 2.24 bits per heavy atom. The molecule has 0 atom stereocenters. The van der Waals surface area contributed by atoms with Crippen LogP contribution in [0.5, 0.6) is 0 Å². The van der Waals surface area contributed by atoms with Crippen LogP contribution >= 0.6 is 0 Å². The molecule has 1 aromatic rings. The first kappa shape index (κ1) is 17.9. The Kier molecular flexibility index (Phi) is 8.98. The van der Waals surface area contributed by atoms with Gasteiger partial charge in [-0.1, -0.05) is 12.1 Å². The minimum atomic E-state index is -0.214. The van der Waals surface area contributed by atoms with Gasteiger partial charge in [0, 0.05) is 26.3 Å². The fourth-order valence-corrected chi connectivity index (χ4v) is 2.24. The van der Waals surface area contributed by atoms with Crippen molar-refractivity contribution in [3.8, 4) is 0 Å². The number of nitrogens with two attached hydrogens (primary N) is 1. The molecule has 0 fully saturated rings. The van der Waals surface area contributed by atoms with Gasteiger partial charge in [0.2, 0.25) is 0 Å². The topological polar surface area (TPSA) is 47.7 Å². The summed E-state index contributed by atoms with van der Waals surface area (Å²) in [7, 11) is 0. The highest BCUT2D eigenvalue weighted by Crippen LogP contribution is 2.24. The highest BCUT2D eigenvalue weighted by molar-refractivity contribution is 5.55. The third-order valence-corrected chi connectivity index (χ3v) is 3.22. The normalized spacial score (nSPS) is 10.9. The molecule has 0 saturated carbocycles. The van der Waals surface area contributed by atoms with E-state index >= 15 is 0 Å². The van der Waals surface area contributed by atoms with Crippen LogP contribution in [0, 0.1) is 5.82 Å². The van der Waals surface area contributed by atoms with E-state index in [1.165, 1.54) is 6.07 Å². The van der Waals surface area contributed by atoms with E-state index in [1.54, 1.807) is 6.07 Å². The van der Waals surface area contributed by atoms with Gasteiger partial charge in [-0.3, -0.25) is 0 Å². The van der Waals surface area contributed by atoms with E-state index in [9.17, 15) is 4.39 Å². The Hall–Kier alpha value is -1.17. The predicted molar refractivity (Wildman–Crippen MR) is 84.4 cm³/mol. The molecular weight excluding hydrogens is 271 g/mol. The first-order valence-corrected chi connectivity index (χ1v) is 7.62. The Morgan fingerprint density at radius 2 is 1.71 bits per heavy atom. The lowest BCUT2D eigenvalue weighted by molar-refractivity contribution is 0.141. The lowest BCUT2D eigenvalue weighted by atomic mass is 10.1. The highest BCUT2D eigenvalue weighted by atomic mass is 19.1. The fraction of sp³-hybridized carbons (Fsp3) is 0.625. The Morgan fingerprint density at radius 1 is 1.10 bits per heavy atom. The van der Waals surface area contributed by atoms with Gasteiger partial charge in [-0.25, -0.2) is 4.39 Å². The van der Waals surface area contributed by atoms with Crippen molar-refractivity contribution in [3.05, 3.63) is 29.6 Å². The molecule has 0 saturated heterocycles. The lowest BCUT2D eigenvalue weighted by Gasteiger charge is -2.27. The van der Waals surface area contributed by atoms with Crippen molar-refractivity contribution < 1.29 is 13.9 Å². The summed E-state index contributed by atoms with van der Waals surface area (Å²) in [5.41, 5.74) is 7.20. The number of hydrogen-bond donors (Lipinski definition) is 1. The van der Waals surface area contributed by atoms with Gasteiger partial charge in [0.25, 0.3) is 0 Å². The summed E-state index contributed by atoms with van der Waals surface area (Å²) in [5, 5.41) is 0. The van der Waals surface area contributed by atoms with Crippen LogP contribution in [-0.4, -0.2) is 46.1 Å². The number of rotatable bonds is 11. The van der Waals surface area contributed by atoms with Crippen LogP contribution in [-0.2, 0) is 15.9 Å². The van der Waals surface area contributed by atoms with Gasteiger partial charge in [-0.15, -0.1) is 0 Å². The van der Waals surface area contributed by atoms with Crippen LogP contribution in [0.1, 0.15) is 19.4 Å². The molecule has 0 aromatic heterocycles. The molecule has 0 radical (unpaired) electrons. The second-order valence-electron chi connectivity index (χ2n) is 4.67. The SMILES string of the molecule is CCOCCN(CCOCC)c1c(F)cccc1CCN. The summed E-state index contributed by atoms with van der Waals surface area (Å²) in [5.74, 6) is -0.214. The smallest absolute Gasteiger partial charge is 0.146 e. The Labute approximate surface area is 127 Å². The van der Waals surface area contributed by atoms with E-state index in [4.69, 9.17) is 15.2 Å². The molecule has 0 aliphatic heterocycles. The zero-order valence-corrected chi connectivity index (χ0v) is 13.1. The van der Waals surface area contributed by atoms with Gasteiger partial charge < -0.3 is 20.1 Å². The zero-order chi connectivity index (χ0) is 15.5. The van der Waals surface area contributed by atoms with Crippen molar-refractivity contribution in [1.82, 2.24) is 0 Å². The van der Waals surface area contributed by atoms with Crippen LogP contribution in [0.4, 0.5) is 10.1 Å².